The van der Waals surface area contributed by atoms with Crippen LogP contribution in [0.5, 0.6) is 0 Å². The quantitative estimate of drug-likeness (QED) is 0.436. The number of rotatable bonds is 3. The average Bonchev–Trinajstić information content (AvgIpc) is 2.94. The van der Waals surface area contributed by atoms with E-state index in [1.807, 2.05) is 0 Å². The number of carbonyl (C=O) groups is 2. The third-order valence-electron chi connectivity index (χ3n) is 10.00. The van der Waals surface area contributed by atoms with Gasteiger partial charge in [-0.3, -0.25) is 9.59 Å². The van der Waals surface area contributed by atoms with Crippen LogP contribution in [0.2, 0.25) is 0 Å². The van der Waals surface area contributed by atoms with Crippen molar-refractivity contribution in [1.82, 2.24) is 0 Å². The molecule has 5 nitrogen and oxygen atoms in total. The Labute approximate surface area is 195 Å². The van der Waals surface area contributed by atoms with Gasteiger partial charge in [-0.25, -0.2) is 0 Å². The van der Waals surface area contributed by atoms with Crippen molar-refractivity contribution in [2.75, 3.05) is 0 Å². The highest BCUT2D eigenvalue weighted by atomic mass is 79.9. The maximum absolute atomic E-state index is 11.8. The summed E-state index contributed by atoms with van der Waals surface area (Å²) in [6.07, 6.45) is 6.78. The van der Waals surface area contributed by atoms with E-state index in [0.29, 0.717) is 30.1 Å². The molecule has 1 unspecified atom stereocenters. The van der Waals surface area contributed by atoms with Crippen molar-refractivity contribution in [2.24, 2.45) is 34.5 Å². The van der Waals surface area contributed by atoms with E-state index >= 15 is 0 Å². The predicted molar refractivity (Wildman–Crippen MR) is 122 cm³/mol. The van der Waals surface area contributed by atoms with E-state index in [1.165, 1.54) is 13.8 Å². The van der Waals surface area contributed by atoms with Crippen LogP contribution in [0.3, 0.4) is 0 Å². The molecule has 0 saturated heterocycles. The summed E-state index contributed by atoms with van der Waals surface area (Å²) < 4.78 is 11.2. The van der Waals surface area contributed by atoms with E-state index in [9.17, 15) is 14.7 Å². The first-order chi connectivity index (χ1) is 14.5. The van der Waals surface area contributed by atoms with Crippen molar-refractivity contribution in [3.8, 4) is 0 Å². The Morgan fingerprint density at radius 1 is 1.06 bits per heavy atom. The normalized spacial score (nSPS) is 51.3. The minimum atomic E-state index is -0.507. The molecular formula is C25H39BrO5. The summed E-state index contributed by atoms with van der Waals surface area (Å²) in [4.78, 5) is 23.4. The van der Waals surface area contributed by atoms with Crippen molar-refractivity contribution < 1.29 is 24.2 Å². The van der Waals surface area contributed by atoms with Gasteiger partial charge in [-0.2, -0.15) is 0 Å². The number of alkyl halides is 1. The summed E-state index contributed by atoms with van der Waals surface area (Å²) >= 11 is 4.10. The second kappa shape index (κ2) is 8.00. The summed E-state index contributed by atoms with van der Waals surface area (Å²) in [5, 5.41) is 11.5. The summed E-state index contributed by atoms with van der Waals surface area (Å²) in [5.41, 5.74) is -0.234. The first-order valence-corrected chi connectivity index (χ1v) is 13.0. The van der Waals surface area contributed by atoms with Crippen molar-refractivity contribution in [3.63, 3.8) is 0 Å². The molecule has 0 amide bonds. The number of hydrogen-bond donors (Lipinski definition) is 1. The van der Waals surface area contributed by atoms with Crippen LogP contribution in [0.15, 0.2) is 0 Å². The zero-order chi connectivity index (χ0) is 22.8. The van der Waals surface area contributed by atoms with Gasteiger partial charge >= 0.3 is 11.9 Å². The lowest BCUT2D eigenvalue weighted by Crippen LogP contribution is -2.66. The Morgan fingerprint density at radius 3 is 2.35 bits per heavy atom. The Morgan fingerprint density at radius 2 is 1.74 bits per heavy atom. The van der Waals surface area contributed by atoms with E-state index in [2.05, 4.69) is 36.7 Å². The van der Waals surface area contributed by atoms with Crippen LogP contribution in [0.25, 0.3) is 0 Å². The molecule has 4 aliphatic rings. The highest BCUT2D eigenvalue weighted by molar-refractivity contribution is 9.10. The van der Waals surface area contributed by atoms with Crippen molar-refractivity contribution >= 4 is 27.9 Å². The topological polar surface area (TPSA) is 72.8 Å². The molecule has 4 rings (SSSR count). The number of hydrogen-bond acceptors (Lipinski definition) is 5. The highest BCUT2D eigenvalue weighted by Gasteiger charge is 2.68. The number of fused-ring (bicyclic) bond motifs is 5. The molecule has 0 spiro atoms. The highest BCUT2D eigenvalue weighted by Crippen LogP contribution is 2.70. The van der Waals surface area contributed by atoms with Crippen LogP contribution in [0.1, 0.15) is 86.0 Å². The molecule has 4 aliphatic carbocycles. The van der Waals surface area contributed by atoms with Gasteiger partial charge in [0.25, 0.3) is 0 Å². The van der Waals surface area contributed by atoms with Gasteiger partial charge in [0.2, 0.25) is 0 Å². The number of halogens is 1. The van der Waals surface area contributed by atoms with Crippen LogP contribution < -0.4 is 0 Å². The molecule has 0 radical (unpaired) electrons. The van der Waals surface area contributed by atoms with Crippen molar-refractivity contribution in [2.45, 2.75) is 109 Å². The second-order valence-corrected chi connectivity index (χ2v) is 12.8. The molecule has 0 aliphatic heterocycles. The summed E-state index contributed by atoms with van der Waals surface area (Å²) in [6.45, 7) is 9.87. The molecule has 0 bridgehead atoms. The Hall–Kier alpha value is -0.620. The Bertz CT molecular complexity index is 741. The average molecular weight is 499 g/mol. The lowest BCUT2D eigenvalue weighted by Gasteiger charge is -2.65. The molecular weight excluding hydrogens is 460 g/mol. The number of aliphatic hydroxyl groups is 1. The molecule has 10 atom stereocenters. The van der Waals surface area contributed by atoms with Crippen LogP contribution >= 0.6 is 15.9 Å². The van der Waals surface area contributed by atoms with Gasteiger partial charge in [0.15, 0.2) is 0 Å². The monoisotopic (exact) mass is 498 g/mol. The first kappa shape index (κ1) is 23.5. The van der Waals surface area contributed by atoms with Gasteiger partial charge < -0.3 is 14.6 Å². The Kier molecular flexibility index (Phi) is 6.08. The fourth-order valence-electron chi connectivity index (χ4n) is 8.60. The van der Waals surface area contributed by atoms with Gasteiger partial charge in [-0.15, -0.1) is 0 Å². The number of esters is 2. The zero-order valence-electron chi connectivity index (χ0n) is 19.7. The minimum Gasteiger partial charge on any atom is -0.462 e. The van der Waals surface area contributed by atoms with E-state index < -0.39 is 6.10 Å². The third-order valence-corrected chi connectivity index (χ3v) is 11.6. The second-order valence-electron chi connectivity index (χ2n) is 11.3. The molecule has 31 heavy (non-hydrogen) atoms. The molecule has 4 fully saturated rings. The molecule has 1 N–H and O–H groups in total. The van der Waals surface area contributed by atoms with E-state index in [1.54, 1.807) is 0 Å². The smallest absolute Gasteiger partial charge is 0.302 e. The molecule has 176 valence electrons. The largest absolute Gasteiger partial charge is 0.462 e. The van der Waals surface area contributed by atoms with Crippen molar-refractivity contribution in [3.05, 3.63) is 0 Å². The van der Waals surface area contributed by atoms with Gasteiger partial charge in [0.05, 0.1) is 6.10 Å². The zero-order valence-corrected chi connectivity index (χ0v) is 21.2. The maximum atomic E-state index is 11.8. The van der Waals surface area contributed by atoms with Gasteiger partial charge in [-0.05, 0) is 55.8 Å². The van der Waals surface area contributed by atoms with Crippen molar-refractivity contribution in [1.29, 1.82) is 0 Å². The third kappa shape index (κ3) is 3.50. The van der Waals surface area contributed by atoms with Crippen LogP contribution in [-0.2, 0) is 19.1 Å². The fraction of sp³-hybridized carbons (Fsp3) is 0.920. The number of ether oxygens (including phenoxy) is 2. The molecule has 0 aromatic rings. The molecule has 0 heterocycles. The van der Waals surface area contributed by atoms with E-state index in [0.717, 1.165) is 44.9 Å². The maximum Gasteiger partial charge on any atom is 0.302 e. The first-order valence-electron chi connectivity index (χ1n) is 12.2. The SMILES string of the molecule is CC[C@H]1C[C@H](OC(C)=O)[C@@]2(C)CC[C@H]3[C@@H](CC[C@@]4(Br)C[C@@H](OC(C)=O)CC(O)[C@]34C)[C@H]12. The van der Waals surface area contributed by atoms with Gasteiger partial charge in [0, 0.05) is 41.8 Å². The summed E-state index contributed by atoms with van der Waals surface area (Å²) in [6, 6.07) is 0. The number of carbonyl (C=O) groups excluding carboxylic acids is 2. The molecule has 0 aromatic heterocycles. The molecule has 0 aromatic carbocycles. The standard InChI is InChI=1S/C25H39BrO5/c1-6-16-11-21(31-15(3)28)23(4)9-8-19-18(22(16)23)7-10-25(26)13-17(30-14(2)27)12-20(29)24(19,25)5/h16-22,29H,6-13H2,1-5H3/t16-,17-,18+,19-,20?,21-,22-,23+,24-,25+/m0/s1. The minimum absolute atomic E-state index is 0.00832. The Balaban J connectivity index is 1.65. The lowest BCUT2D eigenvalue weighted by molar-refractivity contribution is -0.187. The summed E-state index contributed by atoms with van der Waals surface area (Å²) in [5.74, 6) is 1.58. The number of aliphatic hydroxyl groups excluding tert-OH is 1. The van der Waals surface area contributed by atoms with E-state index in [4.69, 9.17) is 9.47 Å². The van der Waals surface area contributed by atoms with Gasteiger partial charge in [-0.1, -0.05) is 43.1 Å². The van der Waals surface area contributed by atoms with E-state index in [-0.39, 0.29) is 39.3 Å². The lowest BCUT2D eigenvalue weighted by atomic mass is 9.43. The molecule has 4 saturated carbocycles. The van der Waals surface area contributed by atoms with Crippen LogP contribution in [0.4, 0.5) is 0 Å². The van der Waals surface area contributed by atoms with Crippen LogP contribution in [0, 0.1) is 34.5 Å². The molecule has 6 heteroatoms. The van der Waals surface area contributed by atoms with Crippen LogP contribution in [-0.4, -0.2) is 39.7 Å². The predicted octanol–water partition coefficient (Wildman–Crippen LogP) is 5.02. The van der Waals surface area contributed by atoms with Gasteiger partial charge in [0.1, 0.15) is 12.2 Å². The fourth-order valence-corrected chi connectivity index (χ4v) is 9.75. The summed E-state index contributed by atoms with van der Waals surface area (Å²) in [7, 11) is 0.